The Hall–Kier alpha value is -2.77. The van der Waals surface area contributed by atoms with Gasteiger partial charge < -0.3 is 15.6 Å². The van der Waals surface area contributed by atoms with Crippen LogP contribution in [-0.2, 0) is 6.18 Å². The first-order valence-electron chi connectivity index (χ1n) is 10.1. The van der Waals surface area contributed by atoms with Crippen molar-refractivity contribution in [3.05, 3.63) is 65.4 Å². The van der Waals surface area contributed by atoms with Gasteiger partial charge in [0.2, 0.25) is 0 Å². The molecule has 0 spiro atoms. The second-order valence-electron chi connectivity index (χ2n) is 7.78. The second-order valence-corrected chi connectivity index (χ2v) is 7.78. The highest BCUT2D eigenvalue weighted by Crippen LogP contribution is 2.34. The summed E-state index contributed by atoms with van der Waals surface area (Å²) in [5.41, 5.74) is 0.553. The van der Waals surface area contributed by atoms with Crippen LogP contribution in [0.5, 0.6) is 0 Å². The van der Waals surface area contributed by atoms with Crippen molar-refractivity contribution >= 4 is 49.5 Å². The molecule has 0 radical (unpaired) electrons. The van der Waals surface area contributed by atoms with Crippen molar-refractivity contribution in [2.45, 2.75) is 43.9 Å². The Labute approximate surface area is 203 Å². The maximum atomic E-state index is 13.2. The molecule has 3 aromatic rings. The topological polar surface area (TPSA) is 80.7 Å². The number of aromatic amines is 1. The zero-order valence-electron chi connectivity index (χ0n) is 17.6. The second kappa shape index (κ2) is 10.9. The maximum Gasteiger partial charge on any atom is 0.417 e. The van der Waals surface area contributed by atoms with E-state index in [1.807, 2.05) is 18.2 Å². The van der Waals surface area contributed by atoms with Crippen LogP contribution in [0.25, 0.3) is 10.9 Å². The van der Waals surface area contributed by atoms with Crippen LogP contribution in [0.3, 0.4) is 0 Å². The van der Waals surface area contributed by atoms with Crippen molar-refractivity contribution < 1.29 is 18.0 Å². The number of hydrogen-bond acceptors (Lipinski definition) is 3. The molecular formula is C23H25F3N4OS2. The number of amides is 1. The minimum atomic E-state index is -4.58. The average molecular weight is 495 g/mol. The van der Waals surface area contributed by atoms with E-state index in [4.69, 9.17) is 5.26 Å². The Morgan fingerprint density at radius 1 is 1.03 bits per heavy atom. The molecule has 1 aromatic heterocycles. The Balaban J connectivity index is 0.00000193. The van der Waals surface area contributed by atoms with Gasteiger partial charge in [0.05, 0.1) is 17.2 Å². The van der Waals surface area contributed by atoms with Crippen LogP contribution in [-0.4, -0.2) is 23.0 Å². The zero-order chi connectivity index (χ0) is 22.0. The third kappa shape index (κ3) is 5.97. The van der Waals surface area contributed by atoms with Gasteiger partial charge in [-0.2, -0.15) is 45.4 Å². The molecule has 176 valence electrons. The van der Waals surface area contributed by atoms with E-state index in [2.05, 4.69) is 15.6 Å². The molecule has 3 N–H and O–H groups in total. The van der Waals surface area contributed by atoms with Gasteiger partial charge in [0.15, 0.2) is 0 Å². The van der Waals surface area contributed by atoms with Crippen molar-refractivity contribution in [2.75, 3.05) is 5.32 Å². The van der Waals surface area contributed by atoms with Gasteiger partial charge >= 0.3 is 6.18 Å². The number of nitriles is 1. The van der Waals surface area contributed by atoms with Crippen molar-refractivity contribution in [3.63, 3.8) is 0 Å². The van der Waals surface area contributed by atoms with Crippen LogP contribution in [0.2, 0.25) is 0 Å². The van der Waals surface area contributed by atoms with Crippen LogP contribution in [0.4, 0.5) is 18.9 Å². The lowest BCUT2D eigenvalue weighted by molar-refractivity contribution is -0.137. The Kier molecular flexibility index (Phi) is 8.75. The number of anilines is 1. The number of nitrogens with one attached hydrogen (secondary N) is 3. The smallest absolute Gasteiger partial charge is 0.382 e. The molecule has 0 atom stereocenters. The fraction of sp³-hybridized carbons (Fsp3) is 0.304. The van der Waals surface area contributed by atoms with Gasteiger partial charge in [-0.1, -0.05) is 6.07 Å². The minimum Gasteiger partial charge on any atom is -0.382 e. The SMILES string of the molecule is N#Cc1ccc(NC2CCC(NC(=O)c3cccc4[nH]ccc34)CC2)cc1C(F)(F)F.S.S. The molecule has 4 rings (SSSR count). The van der Waals surface area contributed by atoms with Gasteiger partial charge in [0, 0.05) is 40.4 Å². The number of benzene rings is 2. The van der Waals surface area contributed by atoms with E-state index in [0.29, 0.717) is 11.3 Å². The van der Waals surface area contributed by atoms with E-state index < -0.39 is 11.7 Å². The van der Waals surface area contributed by atoms with Gasteiger partial charge in [-0.05, 0) is 62.1 Å². The molecule has 0 aliphatic heterocycles. The van der Waals surface area contributed by atoms with Gasteiger partial charge in [-0.15, -0.1) is 0 Å². The van der Waals surface area contributed by atoms with Gasteiger partial charge in [0.25, 0.3) is 5.91 Å². The number of halogens is 3. The third-order valence-corrected chi connectivity index (χ3v) is 5.72. The van der Waals surface area contributed by atoms with Crippen molar-refractivity contribution in [1.82, 2.24) is 10.3 Å². The Morgan fingerprint density at radius 3 is 2.39 bits per heavy atom. The number of alkyl halides is 3. The summed E-state index contributed by atoms with van der Waals surface area (Å²) < 4.78 is 39.5. The van der Waals surface area contributed by atoms with Crippen molar-refractivity contribution in [3.8, 4) is 6.07 Å². The lowest BCUT2D eigenvalue weighted by Crippen LogP contribution is -2.40. The highest BCUT2D eigenvalue weighted by atomic mass is 32.1. The normalized spacial score (nSPS) is 17.9. The number of aromatic nitrogens is 1. The fourth-order valence-electron chi connectivity index (χ4n) is 4.13. The molecule has 2 aromatic carbocycles. The molecule has 5 nitrogen and oxygen atoms in total. The standard InChI is InChI=1S/C23H21F3N4O.2H2S/c24-23(25,26)20-12-17(5-4-14(20)13-27)29-15-6-8-16(9-7-15)30-22(31)19-2-1-3-21-18(19)10-11-28-21;;/h1-5,10-12,15-16,28-29H,6-9H2,(H,30,31);2*1H2. The number of carbonyl (C=O) groups is 1. The predicted octanol–water partition coefficient (Wildman–Crippen LogP) is 5.44. The number of carbonyl (C=O) groups excluding carboxylic acids is 1. The maximum absolute atomic E-state index is 13.2. The van der Waals surface area contributed by atoms with E-state index in [1.165, 1.54) is 12.1 Å². The molecule has 1 fully saturated rings. The summed E-state index contributed by atoms with van der Waals surface area (Å²) in [6.45, 7) is 0. The molecule has 0 saturated heterocycles. The Morgan fingerprint density at radius 2 is 1.73 bits per heavy atom. The molecule has 1 saturated carbocycles. The number of H-pyrrole nitrogens is 1. The van der Waals surface area contributed by atoms with Gasteiger partial charge in [-0.3, -0.25) is 4.79 Å². The summed E-state index contributed by atoms with van der Waals surface area (Å²) in [5.74, 6) is -0.122. The summed E-state index contributed by atoms with van der Waals surface area (Å²) in [5, 5.41) is 16.0. The van der Waals surface area contributed by atoms with E-state index >= 15 is 0 Å². The molecule has 1 aliphatic rings. The average Bonchev–Trinajstić information content (AvgIpc) is 3.23. The summed E-state index contributed by atoms with van der Waals surface area (Å²) >= 11 is 0. The van der Waals surface area contributed by atoms with Crippen molar-refractivity contribution in [2.24, 2.45) is 0 Å². The quantitative estimate of drug-likeness (QED) is 0.452. The molecule has 1 heterocycles. The van der Waals surface area contributed by atoms with Crippen LogP contribution < -0.4 is 10.6 Å². The van der Waals surface area contributed by atoms with Gasteiger partial charge in [-0.25, -0.2) is 0 Å². The number of rotatable bonds is 4. The molecule has 0 bridgehead atoms. The minimum absolute atomic E-state index is 0. The highest BCUT2D eigenvalue weighted by Gasteiger charge is 2.34. The molecule has 1 aliphatic carbocycles. The van der Waals surface area contributed by atoms with E-state index in [-0.39, 0.29) is 50.5 Å². The van der Waals surface area contributed by atoms with Crippen LogP contribution in [0.1, 0.15) is 47.2 Å². The first-order chi connectivity index (χ1) is 14.8. The van der Waals surface area contributed by atoms with Crippen LogP contribution in [0.15, 0.2) is 48.7 Å². The molecule has 33 heavy (non-hydrogen) atoms. The highest BCUT2D eigenvalue weighted by molar-refractivity contribution is 7.59. The van der Waals surface area contributed by atoms with Crippen LogP contribution >= 0.6 is 27.0 Å². The van der Waals surface area contributed by atoms with E-state index in [9.17, 15) is 18.0 Å². The first-order valence-corrected chi connectivity index (χ1v) is 10.1. The fourth-order valence-corrected chi connectivity index (χ4v) is 4.13. The summed E-state index contributed by atoms with van der Waals surface area (Å²) in [6, 6.07) is 12.7. The zero-order valence-corrected chi connectivity index (χ0v) is 19.6. The number of fused-ring (bicyclic) bond motifs is 1. The van der Waals surface area contributed by atoms with Crippen molar-refractivity contribution in [1.29, 1.82) is 5.26 Å². The summed E-state index contributed by atoms with van der Waals surface area (Å²) in [4.78, 5) is 15.8. The number of nitrogens with zero attached hydrogens (tertiary/aromatic N) is 1. The van der Waals surface area contributed by atoms with E-state index in [0.717, 1.165) is 42.7 Å². The summed E-state index contributed by atoms with van der Waals surface area (Å²) in [7, 11) is 0. The molecule has 10 heteroatoms. The first kappa shape index (κ1) is 26.5. The predicted molar refractivity (Wildman–Crippen MR) is 132 cm³/mol. The van der Waals surface area contributed by atoms with Gasteiger partial charge in [0.1, 0.15) is 0 Å². The molecule has 0 unspecified atom stereocenters. The monoisotopic (exact) mass is 494 g/mol. The lowest BCUT2D eigenvalue weighted by atomic mass is 9.90. The third-order valence-electron chi connectivity index (χ3n) is 5.72. The Bertz CT molecular complexity index is 1150. The largest absolute Gasteiger partial charge is 0.417 e. The molecular weight excluding hydrogens is 469 g/mol. The summed E-state index contributed by atoms with van der Waals surface area (Å²) in [6.07, 6.45) is 0.129. The lowest BCUT2D eigenvalue weighted by Gasteiger charge is -2.30. The van der Waals surface area contributed by atoms with E-state index in [1.54, 1.807) is 18.3 Å². The van der Waals surface area contributed by atoms with Crippen LogP contribution in [0, 0.1) is 11.3 Å². The number of hydrogen-bond donors (Lipinski definition) is 3. The molecule has 1 amide bonds.